The highest BCUT2D eigenvalue weighted by molar-refractivity contribution is 8.11. The van der Waals surface area contributed by atoms with Crippen LogP contribution in [-0.2, 0) is 0 Å². The van der Waals surface area contributed by atoms with Gasteiger partial charge in [-0.25, -0.2) is 4.98 Å². The lowest BCUT2D eigenvalue weighted by Gasteiger charge is -2.08. The fraction of sp³-hybridized carbons (Fsp3) is 0.333. The number of nitrogens with one attached hydrogen (secondary N) is 1. The number of rotatable bonds is 7. The molecule has 0 atom stereocenters. The first-order chi connectivity index (χ1) is 11.9. The lowest BCUT2D eigenvalue weighted by atomic mass is 10.3. The first-order valence-corrected chi connectivity index (χ1v) is 9.69. The zero-order chi connectivity index (χ0) is 18.4. The van der Waals surface area contributed by atoms with Gasteiger partial charge in [-0.3, -0.25) is 0 Å². The summed E-state index contributed by atoms with van der Waals surface area (Å²) in [6.07, 6.45) is 2.93. The van der Waals surface area contributed by atoms with E-state index in [-0.39, 0.29) is 0 Å². The Labute approximate surface area is 157 Å². The van der Waals surface area contributed by atoms with E-state index in [4.69, 9.17) is 10.5 Å². The zero-order valence-corrected chi connectivity index (χ0v) is 16.8. The van der Waals surface area contributed by atoms with Gasteiger partial charge in [-0.2, -0.15) is 4.98 Å². The summed E-state index contributed by atoms with van der Waals surface area (Å²) in [6, 6.07) is 3.88. The summed E-state index contributed by atoms with van der Waals surface area (Å²) in [7, 11) is 1.62. The molecular weight excluding hydrogens is 352 g/mol. The van der Waals surface area contributed by atoms with Crippen LogP contribution in [0.15, 0.2) is 34.2 Å². The number of methoxy groups -OCH3 is 1. The number of ether oxygens (including phenoxy) is 1. The molecule has 2 rings (SSSR count). The van der Waals surface area contributed by atoms with E-state index in [0.29, 0.717) is 11.7 Å². The van der Waals surface area contributed by atoms with Crippen LogP contribution < -0.4 is 15.8 Å². The summed E-state index contributed by atoms with van der Waals surface area (Å²) in [5.74, 6) is 1.32. The average molecular weight is 377 g/mol. The second-order valence-electron chi connectivity index (χ2n) is 5.63. The summed E-state index contributed by atoms with van der Waals surface area (Å²) in [5.41, 5.74) is 9.16. The molecule has 5 nitrogen and oxygen atoms in total. The molecule has 0 aliphatic rings. The Morgan fingerprint density at radius 1 is 1.36 bits per heavy atom. The molecule has 2 aromatic heterocycles. The molecule has 0 aromatic carbocycles. The number of nitrogens with two attached hydrogens (primary N) is 1. The van der Waals surface area contributed by atoms with Gasteiger partial charge in [0.05, 0.1) is 17.8 Å². The molecule has 7 heteroatoms. The molecule has 134 valence electrons. The molecule has 2 heterocycles. The summed E-state index contributed by atoms with van der Waals surface area (Å²) in [6.45, 7) is 8.17. The van der Waals surface area contributed by atoms with Crippen molar-refractivity contribution in [2.75, 3.05) is 12.4 Å². The van der Waals surface area contributed by atoms with Gasteiger partial charge in [-0.05, 0) is 33.3 Å². The average Bonchev–Trinajstić information content (AvgIpc) is 3.02. The number of hydrogen-bond donors (Lipinski definition) is 2. The second kappa shape index (κ2) is 8.92. The number of nitrogens with zero attached hydrogens (tertiary/aromatic N) is 2. The molecule has 0 spiro atoms. The summed E-state index contributed by atoms with van der Waals surface area (Å²) >= 11 is 3.09. The van der Waals surface area contributed by atoms with Crippen molar-refractivity contribution in [3.8, 4) is 5.88 Å². The Kier molecular flexibility index (Phi) is 6.90. The Morgan fingerprint density at radius 3 is 2.76 bits per heavy atom. The molecule has 0 bridgehead atoms. The molecule has 0 fully saturated rings. The van der Waals surface area contributed by atoms with Gasteiger partial charge in [0.1, 0.15) is 5.82 Å². The maximum absolute atomic E-state index is 6.06. The molecule has 0 saturated carbocycles. The second-order valence-corrected chi connectivity index (χ2v) is 7.57. The third kappa shape index (κ3) is 5.24. The van der Waals surface area contributed by atoms with Crippen LogP contribution in [-0.4, -0.2) is 17.1 Å². The van der Waals surface area contributed by atoms with Crippen molar-refractivity contribution in [3.63, 3.8) is 0 Å². The fourth-order valence-corrected chi connectivity index (χ4v) is 3.78. The molecular formula is C18H24N4OS2. The highest BCUT2D eigenvalue weighted by Crippen LogP contribution is 2.36. The van der Waals surface area contributed by atoms with E-state index in [1.54, 1.807) is 18.9 Å². The van der Waals surface area contributed by atoms with Crippen molar-refractivity contribution in [1.29, 1.82) is 0 Å². The third-order valence-electron chi connectivity index (χ3n) is 3.30. The van der Waals surface area contributed by atoms with Gasteiger partial charge in [-0.1, -0.05) is 36.4 Å². The smallest absolute Gasteiger partial charge is 0.217 e. The Morgan fingerprint density at radius 2 is 2.12 bits per heavy atom. The first-order valence-electron chi connectivity index (χ1n) is 8.00. The number of allylic oxidation sites excluding steroid dienone is 2. The van der Waals surface area contributed by atoms with Gasteiger partial charge in [0.2, 0.25) is 5.88 Å². The predicted molar refractivity (Wildman–Crippen MR) is 109 cm³/mol. The lowest BCUT2D eigenvalue weighted by molar-refractivity contribution is 0.395. The number of hydrogen-bond acceptors (Lipinski definition) is 7. The quantitative estimate of drug-likeness (QED) is 0.684. The molecule has 0 radical (unpaired) electrons. The maximum Gasteiger partial charge on any atom is 0.217 e. The number of anilines is 2. The van der Waals surface area contributed by atoms with Crippen molar-refractivity contribution >= 4 is 39.0 Å². The summed E-state index contributed by atoms with van der Waals surface area (Å²) in [4.78, 5) is 10.2. The van der Waals surface area contributed by atoms with E-state index < -0.39 is 0 Å². The Balaban J connectivity index is 2.21. The van der Waals surface area contributed by atoms with Gasteiger partial charge < -0.3 is 15.8 Å². The monoisotopic (exact) mass is 376 g/mol. The third-order valence-corrected chi connectivity index (χ3v) is 5.28. The Bertz CT molecular complexity index is 792. The van der Waals surface area contributed by atoms with E-state index in [1.807, 2.05) is 30.5 Å². The lowest BCUT2D eigenvalue weighted by Crippen LogP contribution is -1.98. The number of thioether (sulfide) groups is 1. The largest absolute Gasteiger partial charge is 0.481 e. The standard InChI is InChI=1S/C18H24N4OS2/c1-6-7-14(19)25-16(11(2)3)13-10-24-18(20-13)22-15-9-8-12(4)17(21-15)23-5/h7-10H,6,19H2,1-5H3,(H,20,21,22)/b14-7+. The Hall–Kier alpha value is -1.99. The molecule has 0 amide bonds. The van der Waals surface area contributed by atoms with Crippen LogP contribution in [0.25, 0.3) is 4.91 Å². The van der Waals surface area contributed by atoms with Gasteiger partial charge in [0, 0.05) is 15.8 Å². The highest BCUT2D eigenvalue weighted by atomic mass is 32.2. The molecule has 2 aromatic rings. The van der Waals surface area contributed by atoms with Gasteiger partial charge >= 0.3 is 0 Å². The van der Waals surface area contributed by atoms with Crippen molar-refractivity contribution in [3.05, 3.63) is 45.4 Å². The van der Waals surface area contributed by atoms with Crippen LogP contribution in [0, 0.1) is 6.92 Å². The van der Waals surface area contributed by atoms with Crippen LogP contribution >= 0.6 is 23.1 Å². The minimum Gasteiger partial charge on any atom is -0.481 e. The summed E-state index contributed by atoms with van der Waals surface area (Å²) in [5, 5.41) is 6.85. The molecule has 25 heavy (non-hydrogen) atoms. The topological polar surface area (TPSA) is 73.1 Å². The minimum atomic E-state index is 0.611. The molecule has 0 unspecified atom stereocenters. The van der Waals surface area contributed by atoms with Crippen molar-refractivity contribution in [2.24, 2.45) is 5.73 Å². The van der Waals surface area contributed by atoms with Crippen molar-refractivity contribution in [2.45, 2.75) is 34.1 Å². The van der Waals surface area contributed by atoms with Crippen molar-refractivity contribution in [1.82, 2.24) is 9.97 Å². The number of aryl methyl sites for hydroxylation is 1. The normalized spacial score (nSPS) is 11.3. The minimum absolute atomic E-state index is 0.611. The van der Waals surface area contributed by atoms with E-state index >= 15 is 0 Å². The van der Waals surface area contributed by atoms with Crippen LogP contribution in [0.5, 0.6) is 5.88 Å². The number of aromatic nitrogens is 2. The maximum atomic E-state index is 6.06. The molecule has 3 N–H and O–H groups in total. The van der Waals surface area contributed by atoms with Crippen LogP contribution in [0.3, 0.4) is 0 Å². The molecule has 0 aliphatic heterocycles. The number of pyridine rings is 1. The molecule has 0 saturated heterocycles. The first kappa shape index (κ1) is 19.3. The van der Waals surface area contributed by atoms with Gasteiger partial charge in [0.15, 0.2) is 5.13 Å². The highest BCUT2D eigenvalue weighted by Gasteiger charge is 2.12. The fourth-order valence-electron chi connectivity index (χ4n) is 2.10. The van der Waals surface area contributed by atoms with E-state index in [9.17, 15) is 0 Å². The summed E-state index contributed by atoms with van der Waals surface area (Å²) < 4.78 is 5.27. The van der Waals surface area contributed by atoms with Gasteiger partial charge in [0.25, 0.3) is 0 Å². The van der Waals surface area contributed by atoms with Gasteiger partial charge in [-0.15, -0.1) is 11.3 Å². The van der Waals surface area contributed by atoms with Crippen LogP contribution in [0.1, 0.15) is 38.4 Å². The predicted octanol–water partition coefficient (Wildman–Crippen LogP) is 5.29. The van der Waals surface area contributed by atoms with E-state index in [2.05, 4.69) is 36.1 Å². The SMILES string of the molecule is CC/C=C(\N)SC(=C(C)C)c1csc(Nc2ccc(C)c(OC)n2)n1. The van der Waals surface area contributed by atoms with Crippen molar-refractivity contribution < 1.29 is 4.74 Å². The van der Waals surface area contributed by atoms with E-state index in [1.165, 1.54) is 16.9 Å². The van der Waals surface area contributed by atoms with Crippen LogP contribution in [0.4, 0.5) is 10.9 Å². The van der Waals surface area contributed by atoms with Crippen LogP contribution in [0.2, 0.25) is 0 Å². The number of thiazole rings is 1. The van der Waals surface area contributed by atoms with E-state index in [0.717, 1.165) is 32.7 Å². The molecule has 0 aliphatic carbocycles. The zero-order valence-electron chi connectivity index (χ0n) is 15.2.